The summed E-state index contributed by atoms with van der Waals surface area (Å²) >= 11 is 0. The number of benzene rings is 1. The fourth-order valence-corrected chi connectivity index (χ4v) is 2.93. The summed E-state index contributed by atoms with van der Waals surface area (Å²) < 4.78 is 5.45. The van der Waals surface area contributed by atoms with Gasteiger partial charge in [-0.1, -0.05) is 6.07 Å². The van der Waals surface area contributed by atoms with E-state index in [0.717, 1.165) is 24.3 Å². The van der Waals surface area contributed by atoms with Crippen LogP contribution in [0.15, 0.2) is 18.2 Å². The molecule has 1 aromatic carbocycles. The zero-order chi connectivity index (χ0) is 16.6. The Morgan fingerprint density at radius 3 is 2.57 bits per heavy atom. The number of ether oxygens (including phenoxy) is 1. The molecule has 23 heavy (non-hydrogen) atoms. The molecule has 0 saturated carbocycles. The highest BCUT2D eigenvalue weighted by Gasteiger charge is 2.26. The number of carbonyl (C=O) groups excluding carboxylic acids is 1. The maximum absolute atomic E-state index is 12.2. The standard InChI is InChI=1S/C17H24N4O2/c1-12-15-13(19-18-12)6-5-7-14(15)20-8-10-21(11-9-20)16(22)23-17(2,3)4/h5-7H,8-11H2,1-4H3,(H,18,19). The number of fused-ring (bicyclic) bond motifs is 1. The van der Waals surface area contributed by atoms with E-state index >= 15 is 0 Å². The number of hydrogen-bond donors (Lipinski definition) is 1. The average molecular weight is 316 g/mol. The maximum Gasteiger partial charge on any atom is 0.410 e. The van der Waals surface area contributed by atoms with Crippen molar-refractivity contribution in [3.63, 3.8) is 0 Å². The molecule has 2 aromatic rings. The molecule has 0 bridgehead atoms. The van der Waals surface area contributed by atoms with Gasteiger partial charge in [0.05, 0.1) is 5.52 Å². The van der Waals surface area contributed by atoms with Gasteiger partial charge in [0.2, 0.25) is 0 Å². The topological polar surface area (TPSA) is 61.5 Å². The predicted molar refractivity (Wildman–Crippen MR) is 90.9 cm³/mol. The van der Waals surface area contributed by atoms with Crippen LogP contribution in [-0.4, -0.2) is 53.0 Å². The second-order valence-electron chi connectivity index (χ2n) is 6.97. The Morgan fingerprint density at radius 2 is 1.91 bits per heavy atom. The summed E-state index contributed by atoms with van der Waals surface area (Å²) in [5.41, 5.74) is 2.78. The lowest BCUT2D eigenvalue weighted by Gasteiger charge is -2.37. The van der Waals surface area contributed by atoms with Gasteiger partial charge in [0, 0.05) is 42.9 Å². The van der Waals surface area contributed by atoms with Gasteiger partial charge in [0.25, 0.3) is 0 Å². The Hall–Kier alpha value is -2.24. The molecule has 6 heteroatoms. The molecule has 0 radical (unpaired) electrons. The van der Waals surface area contributed by atoms with Crippen molar-refractivity contribution in [2.75, 3.05) is 31.1 Å². The molecular formula is C17H24N4O2. The molecule has 1 fully saturated rings. The largest absolute Gasteiger partial charge is 0.444 e. The number of piperazine rings is 1. The van der Waals surface area contributed by atoms with Crippen molar-refractivity contribution in [1.82, 2.24) is 15.1 Å². The van der Waals surface area contributed by atoms with Crippen LogP contribution in [0.1, 0.15) is 26.5 Å². The molecule has 0 aliphatic carbocycles. The summed E-state index contributed by atoms with van der Waals surface area (Å²) in [6.07, 6.45) is -0.227. The Labute approximate surface area is 136 Å². The fourth-order valence-electron chi connectivity index (χ4n) is 2.93. The lowest BCUT2D eigenvalue weighted by molar-refractivity contribution is 0.0240. The van der Waals surface area contributed by atoms with Gasteiger partial charge in [0.1, 0.15) is 5.60 Å². The lowest BCUT2D eigenvalue weighted by Crippen LogP contribution is -2.50. The van der Waals surface area contributed by atoms with Crippen molar-refractivity contribution in [1.29, 1.82) is 0 Å². The molecule has 1 amide bonds. The smallest absolute Gasteiger partial charge is 0.410 e. The first kappa shape index (κ1) is 15.6. The van der Waals surface area contributed by atoms with E-state index in [1.807, 2.05) is 39.8 Å². The third-order valence-electron chi connectivity index (χ3n) is 4.01. The van der Waals surface area contributed by atoms with E-state index < -0.39 is 5.60 Å². The van der Waals surface area contributed by atoms with E-state index in [1.54, 1.807) is 4.90 Å². The first-order valence-corrected chi connectivity index (χ1v) is 8.02. The minimum atomic E-state index is -0.451. The molecule has 124 valence electrons. The number of aryl methyl sites for hydroxylation is 1. The van der Waals surface area contributed by atoms with Crippen LogP contribution in [-0.2, 0) is 4.74 Å². The Bertz CT molecular complexity index is 709. The maximum atomic E-state index is 12.2. The van der Waals surface area contributed by atoms with Crippen LogP contribution in [0.5, 0.6) is 0 Å². The summed E-state index contributed by atoms with van der Waals surface area (Å²) in [7, 11) is 0. The summed E-state index contributed by atoms with van der Waals surface area (Å²) in [6, 6.07) is 6.16. The molecule has 0 spiro atoms. The van der Waals surface area contributed by atoms with Crippen molar-refractivity contribution < 1.29 is 9.53 Å². The van der Waals surface area contributed by atoms with Gasteiger partial charge in [-0.15, -0.1) is 0 Å². The van der Waals surface area contributed by atoms with Crippen LogP contribution in [0.3, 0.4) is 0 Å². The number of carbonyl (C=O) groups is 1. The third-order valence-corrected chi connectivity index (χ3v) is 4.01. The number of aromatic nitrogens is 2. The molecule has 2 heterocycles. The van der Waals surface area contributed by atoms with Crippen molar-refractivity contribution in [3.8, 4) is 0 Å². The van der Waals surface area contributed by atoms with Gasteiger partial charge < -0.3 is 14.5 Å². The van der Waals surface area contributed by atoms with Gasteiger partial charge in [0.15, 0.2) is 0 Å². The third kappa shape index (κ3) is 3.25. The van der Waals surface area contributed by atoms with E-state index in [2.05, 4.69) is 21.2 Å². The molecule has 1 aliphatic rings. The number of aromatic amines is 1. The van der Waals surface area contributed by atoms with Crippen LogP contribution in [0, 0.1) is 6.92 Å². The Kier molecular flexibility index (Phi) is 3.92. The van der Waals surface area contributed by atoms with Gasteiger partial charge >= 0.3 is 6.09 Å². The van der Waals surface area contributed by atoms with E-state index in [0.29, 0.717) is 13.1 Å². The van der Waals surface area contributed by atoms with Gasteiger partial charge in [-0.05, 0) is 39.8 Å². The summed E-state index contributed by atoms with van der Waals surface area (Å²) in [6.45, 7) is 10.6. The highest BCUT2D eigenvalue weighted by Crippen LogP contribution is 2.29. The zero-order valence-electron chi connectivity index (χ0n) is 14.2. The van der Waals surface area contributed by atoms with Crippen LogP contribution < -0.4 is 4.90 Å². The summed E-state index contributed by atoms with van der Waals surface area (Å²) in [4.78, 5) is 16.2. The first-order valence-electron chi connectivity index (χ1n) is 8.02. The van der Waals surface area contributed by atoms with E-state index in [4.69, 9.17) is 4.74 Å². The minimum absolute atomic E-state index is 0.227. The minimum Gasteiger partial charge on any atom is -0.444 e. The predicted octanol–water partition coefficient (Wildman–Crippen LogP) is 2.93. The average Bonchev–Trinajstić information content (AvgIpc) is 2.87. The quantitative estimate of drug-likeness (QED) is 0.879. The number of nitrogens with one attached hydrogen (secondary N) is 1. The normalized spacial score (nSPS) is 16.0. The molecule has 1 N–H and O–H groups in total. The Morgan fingerprint density at radius 1 is 1.22 bits per heavy atom. The van der Waals surface area contributed by atoms with E-state index in [1.165, 1.54) is 11.1 Å². The Balaban J connectivity index is 1.71. The monoisotopic (exact) mass is 316 g/mol. The van der Waals surface area contributed by atoms with Crippen LogP contribution >= 0.6 is 0 Å². The SMILES string of the molecule is Cc1[nH]nc2cccc(N3CCN(C(=O)OC(C)(C)C)CC3)c12. The van der Waals surface area contributed by atoms with E-state index in [-0.39, 0.29) is 6.09 Å². The number of amides is 1. The number of hydrogen-bond acceptors (Lipinski definition) is 4. The van der Waals surface area contributed by atoms with E-state index in [9.17, 15) is 4.79 Å². The fraction of sp³-hybridized carbons (Fsp3) is 0.529. The van der Waals surface area contributed by atoms with Crippen LogP contribution in [0.2, 0.25) is 0 Å². The van der Waals surface area contributed by atoms with Crippen LogP contribution in [0.4, 0.5) is 10.5 Å². The molecule has 0 unspecified atom stereocenters. The second-order valence-corrected chi connectivity index (χ2v) is 6.97. The first-order chi connectivity index (χ1) is 10.8. The molecule has 3 rings (SSSR count). The summed E-state index contributed by atoms with van der Waals surface area (Å²) in [5.74, 6) is 0. The number of rotatable bonds is 1. The summed E-state index contributed by atoms with van der Waals surface area (Å²) in [5, 5.41) is 8.53. The molecule has 0 atom stereocenters. The van der Waals surface area contributed by atoms with Crippen molar-refractivity contribution in [2.45, 2.75) is 33.3 Å². The number of anilines is 1. The molecule has 1 aliphatic heterocycles. The molecular weight excluding hydrogens is 292 g/mol. The molecule has 1 aromatic heterocycles. The van der Waals surface area contributed by atoms with Crippen molar-refractivity contribution in [3.05, 3.63) is 23.9 Å². The van der Waals surface area contributed by atoms with Gasteiger partial charge in [-0.3, -0.25) is 5.10 Å². The molecule has 6 nitrogen and oxygen atoms in total. The van der Waals surface area contributed by atoms with Crippen molar-refractivity contribution >= 4 is 22.7 Å². The zero-order valence-corrected chi connectivity index (χ0v) is 14.2. The second kappa shape index (κ2) is 5.76. The van der Waals surface area contributed by atoms with Crippen molar-refractivity contribution in [2.24, 2.45) is 0 Å². The number of H-pyrrole nitrogens is 1. The highest BCUT2D eigenvalue weighted by atomic mass is 16.6. The van der Waals surface area contributed by atoms with Crippen LogP contribution in [0.25, 0.3) is 10.9 Å². The van der Waals surface area contributed by atoms with Gasteiger partial charge in [-0.2, -0.15) is 5.10 Å². The lowest BCUT2D eigenvalue weighted by atomic mass is 10.1. The number of nitrogens with zero attached hydrogens (tertiary/aromatic N) is 3. The van der Waals surface area contributed by atoms with Gasteiger partial charge in [-0.25, -0.2) is 4.79 Å². The molecule has 1 saturated heterocycles. The highest BCUT2D eigenvalue weighted by molar-refractivity contribution is 5.94.